The van der Waals surface area contributed by atoms with Crippen molar-refractivity contribution >= 4 is 11.3 Å². The molecule has 0 saturated carbocycles. The lowest BCUT2D eigenvalue weighted by molar-refractivity contribution is 0.314. The number of rotatable bonds is 0. The van der Waals surface area contributed by atoms with Gasteiger partial charge in [-0.05, 0) is 20.7 Å². The second kappa shape index (κ2) is 1.41. The van der Waals surface area contributed by atoms with Crippen molar-refractivity contribution in [2.24, 2.45) is 0 Å². The van der Waals surface area contributed by atoms with Crippen molar-refractivity contribution in [2.75, 3.05) is 0 Å². The fourth-order valence-electron chi connectivity index (χ4n) is 0.430. The highest BCUT2D eigenvalue weighted by atomic mass is 16.6. The lowest BCUT2D eigenvalue weighted by atomic mass is 10.8. The largest absolute Gasteiger partial charge is 0.267 e. The maximum absolute atomic E-state index is 4.26. The quantitative estimate of drug-likeness (QED) is 0.435. The van der Waals surface area contributed by atoms with Crippen LogP contribution in [-0.4, -0.2) is 30.9 Å². The van der Waals surface area contributed by atoms with Crippen molar-refractivity contribution in [3.63, 3.8) is 0 Å². The second-order valence-corrected chi connectivity index (χ2v) is 1.29. The van der Waals surface area contributed by atoms with Gasteiger partial charge in [0.1, 0.15) is 0 Å². The van der Waals surface area contributed by atoms with Crippen LogP contribution in [0.1, 0.15) is 0 Å². The van der Waals surface area contributed by atoms with E-state index in [1.54, 1.807) is 0 Å². The molecule has 0 bridgehead atoms. The Morgan fingerprint density at radius 2 is 1.44 bits per heavy atom. The molecule has 0 aliphatic carbocycles. The Labute approximate surface area is 48.0 Å². The van der Waals surface area contributed by atoms with Crippen LogP contribution in [0.3, 0.4) is 0 Å². The molecule has 0 N–H and O–H groups in total. The molecule has 0 unspecified atom stereocenters. The van der Waals surface area contributed by atoms with Gasteiger partial charge >= 0.3 is 0 Å². The van der Waals surface area contributed by atoms with Crippen LogP contribution >= 0.6 is 0 Å². The van der Waals surface area contributed by atoms with Gasteiger partial charge in [-0.15, -0.1) is 10.2 Å². The SMILES string of the molecule is n1nnc2nonc2n1. The minimum Gasteiger partial charge on any atom is -0.240 e. The Kier molecular flexibility index (Phi) is 0.663. The maximum atomic E-state index is 4.26. The summed E-state index contributed by atoms with van der Waals surface area (Å²) in [5.41, 5.74) is 0.537. The third-order valence-corrected chi connectivity index (χ3v) is 0.773. The highest BCUT2D eigenvalue weighted by molar-refractivity contribution is 5.59. The topological polar surface area (TPSA) is 90.5 Å². The third kappa shape index (κ3) is 0.507. The van der Waals surface area contributed by atoms with Crippen molar-refractivity contribution in [2.45, 2.75) is 0 Å². The average Bonchev–Trinajstić information content (AvgIpc) is 2.33. The molecular formula is C2N6O. The Bertz CT molecular complexity index is 285. The zero-order valence-corrected chi connectivity index (χ0v) is 4.09. The molecule has 2 aromatic rings. The van der Waals surface area contributed by atoms with Crippen LogP contribution in [0, 0.1) is 0 Å². The highest BCUT2D eigenvalue weighted by Gasteiger charge is 1.99. The molecule has 0 aliphatic rings. The summed E-state index contributed by atoms with van der Waals surface area (Å²) in [4.78, 5) is 0. The molecule has 44 valence electrons. The molecule has 0 amide bonds. The lowest BCUT2D eigenvalue weighted by Gasteiger charge is -1.72. The smallest absolute Gasteiger partial charge is 0.240 e. The minimum absolute atomic E-state index is 0.269. The molecule has 2 rings (SSSR count). The molecule has 7 heteroatoms. The summed E-state index contributed by atoms with van der Waals surface area (Å²) in [6.07, 6.45) is 0. The summed E-state index contributed by atoms with van der Waals surface area (Å²) in [5, 5.41) is 20.0. The highest BCUT2D eigenvalue weighted by Crippen LogP contribution is 1.93. The van der Waals surface area contributed by atoms with Gasteiger partial charge in [0.05, 0.1) is 0 Å². The number of nitrogens with zero attached hydrogens (tertiary/aromatic N) is 6. The van der Waals surface area contributed by atoms with Crippen molar-refractivity contribution < 1.29 is 4.63 Å². The van der Waals surface area contributed by atoms with E-state index in [1.165, 1.54) is 0 Å². The van der Waals surface area contributed by atoms with E-state index in [4.69, 9.17) is 0 Å². The summed E-state index contributed by atoms with van der Waals surface area (Å²) in [6, 6.07) is 0. The molecule has 0 radical (unpaired) electrons. The van der Waals surface area contributed by atoms with Gasteiger partial charge in [-0.3, -0.25) is 0 Å². The zero-order chi connectivity index (χ0) is 6.10. The molecule has 0 aromatic carbocycles. The summed E-state index contributed by atoms with van der Waals surface area (Å²) >= 11 is 0. The van der Waals surface area contributed by atoms with E-state index in [-0.39, 0.29) is 11.3 Å². The van der Waals surface area contributed by atoms with E-state index >= 15 is 0 Å². The summed E-state index contributed by atoms with van der Waals surface area (Å²) in [6.45, 7) is 0. The van der Waals surface area contributed by atoms with E-state index in [0.717, 1.165) is 0 Å². The average molecular weight is 124 g/mol. The van der Waals surface area contributed by atoms with Crippen molar-refractivity contribution in [1.29, 1.82) is 0 Å². The van der Waals surface area contributed by atoms with Gasteiger partial charge in [-0.2, -0.15) is 0 Å². The standard InChI is InChI=1S/C2N6O/c3-1-2(4-8-7-3)6-9-5-1. The third-order valence-electron chi connectivity index (χ3n) is 0.773. The molecule has 9 heavy (non-hydrogen) atoms. The first-order valence-corrected chi connectivity index (χ1v) is 2.11. The van der Waals surface area contributed by atoms with Crippen LogP contribution in [-0.2, 0) is 0 Å². The van der Waals surface area contributed by atoms with Crippen molar-refractivity contribution in [3.8, 4) is 0 Å². The molecule has 0 spiro atoms. The van der Waals surface area contributed by atoms with E-state index < -0.39 is 0 Å². The zero-order valence-electron chi connectivity index (χ0n) is 4.09. The molecule has 0 atom stereocenters. The predicted molar refractivity (Wildman–Crippen MR) is 23.0 cm³/mol. The Morgan fingerprint density at radius 3 is 2.00 bits per heavy atom. The first-order valence-electron chi connectivity index (χ1n) is 2.11. The maximum Gasteiger partial charge on any atom is 0.267 e. The van der Waals surface area contributed by atoms with E-state index in [9.17, 15) is 0 Å². The predicted octanol–water partition coefficient (Wildman–Crippen LogP) is -1.20. The van der Waals surface area contributed by atoms with Crippen LogP contribution in [0.5, 0.6) is 0 Å². The van der Waals surface area contributed by atoms with Gasteiger partial charge < -0.3 is 0 Å². The van der Waals surface area contributed by atoms with Crippen LogP contribution in [0.2, 0.25) is 0 Å². The Morgan fingerprint density at radius 1 is 0.889 bits per heavy atom. The molecule has 0 fully saturated rings. The number of hydrogen-bond donors (Lipinski definition) is 0. The van der Waals surface area contributed by atoms with Crippen LogP contribution in [0.25, 0.3) is 11.3 Å². The second-order valence-electron chi connectivity index (χ2n) is 1.29. The molecular weight excluding hydrogens is 124 g/mol. The van der Waals surface area contributed by atoms with Crippen LogP contribution in [0.15, 0.2) is 4.63 Å². The lowest BCUT2D eigenvalue weighted by Crippen LogP contribution is -1.90. The molecule has 0 aliphatic heterocycles. The van der Waals surface area contributed by atoms with Gasteiger partial charge in [-0.25, -0.2) is 4.63 Å². The number of fused-ring (bicyclic) bond motifs is 1. The van der Waals surface area contributed by atoms with Crippen molar-refractivity contribution in [3.05, 3.63) is 0 Å². The summed E-state index contributed by atoms with van der Waals surface area (Å²) < 4.78 is 4.26. The molecule has 2 aromatic heterocycles. The molecule has 2 heterocycles. The number of hydrogen-bond acceptors (Lipinski definition) is 7. The normalized spacial score (nSPS) is 10.2. The number of aromatic nitrogens is 6. The van der Waals surface area contributed by atoms with Crippen molar-refractivity contribution in [1.82, 2.24) is 30.9 Å². The van der Waals surface area contributed by atoms with Gasteiger partial charge in [0, 0.05) is 0 Å². The molecule has 7 nitrogen and oxygen atoms in total. The fourth-order valence-corrected chi connectivity index (χ4v) is 0.430. The van der Waals surface area contributed by atoms with Gasteiger partial charge in [-0.1, -0.05) is 0 Å². The minimum atomic E-state index is 0.269. The van der Waals surface area contributed by atoms with E-state index in [1.807, 2.05) is 0 Å². The summed E-state index contributed by atoms with van der Waals surface area (Å²) in [7, 11) is 0. The van der Waals surface area contributed by atoms with Gasteiger partial charge in [0.25, 0.3) is 11.3 Å². The van der Waals surface area contributed by atoms with Crippen LogP contribution < -0.4 is 0 Å². The van der Waals surface area contributed by atoms with Gasteiger partial charge in [0.15, 0.2) is 0 Å². The first kappa shape index (κ1) is 4.24. The van der Waals surface area contributed by atoms with Crippen LogP contribution in [0.4, 0.5) is 0 Å². The van der Waals surface area contributed by atoms with Gasteiger partial charge in [0.2, 0.25) is 0 Å². The fraction of sp³-hybridized carbons (Fsp3) is 0. The Balaban J connectivity index is 2.95. The first-order chi connectivity index (χ1) is 4.47. The summed E-state index contributed by atoms with van der Waals surface area (Å²) in [5.74, 6) is 0. The Hall–Kier alpha value is -1.66. The molecule has 0 saturated heterocycles. The monoisotopic (exact) mass is 124 g/mol. The van der Waals surface area contributed by atoms with E-state index in [0.29, 0.717) is 0 Å². The van der Waals surface area contributed by atoms with E-state index in [2.05, 4.69) is 35.6 Å².